The van der Waals surface area contributed by atoms with Gasteiger partial charge in [-0.25, -0.2) is 0 Å². The summed E-state index contributed by atoms with van der Waals surface area (Å²) >= 11 is 0. The zero-order valence-electron chi connectivity index (χ0n) is 10.7. The van der Waals surface area contributed by atoms with Gasteiger partial charge in [-0.05, 0) is 44.6 Å². The lowest BCUT2D eigenvalue weighted by molar-refractivity contribution is -0.124. The van der Waals surface area contributed by atoms with Crippen LogP contribution in [-0.2, 0) is 4.79 Å². The highest BCUT2D eigenvalue weighted by molar-refractivity contribution is 5.85. The van der Waals surface area contributed by atoms with Crippen LogP contribution in [0.25, 0.3) is 0 Å². The Balaban J connectivity index is 1.76. The van der Waals surface area contributed by atoms with Gasteiger partial charge < -0.3 is 11.1 Å². The first kappa shape index (κ1) is 11.7. The summed E-state index contributed by atoms with van der Waals surface area (Å²) in [6, 6.07) is 0.785. The number of primary amides is 1. The number of nitrogens with zero attached hydrogens (tertiary/aromatic N) is 2. The standard InChI is InChI=1S/C13H20N4O/c1-9-7-15-17(8-9)11-4-5-13(6-11,12(14)18)16-10-2-3-10/h7-8,10-11,16H,2-6H2,1H3,(H2,14,18). The van der Waals surface area contributed by atoms with Gasteiger partial charge in [0.25, 0.3) is 0 Å². The fourth-order valence-electron chi connectivity index (χ4n) is 2.92. The third kappa shape index (κ3) is 2.03. The molecule has 1 aromatic rings. The first-order chi connectivity index (χ1) is 8.59. The quantitative estimate of drug-likeness (QED) is 0.831. The van der Waals surface area contributed by atoms with Crippen molar-refractivity contribution in [3.8, 4) is 0 Å². The van der Waals surface area contributed by atoms with Crippen molar-refractivity contribution < 1.29 is 4.79 Å². The number of nitrogens with two attached hydrogens (primary N) is 1. The molecule has 2 aliphatic rings. The lowest BCUT2D eigenvalue weighted by Gasteiger charge is -2.27. The number of rotatable bonds is 4. The lowest BCUT2D eigenvalue weighted by Crippen LogP contribution is -2.54. The minimum atomic E-state index is -0.508. The summed E-state index contributed by atoms with van der Waals surface area (Å²) in [4.78, 5) is 11.8. The zero-order chi connectivity index (χ0) is 12.8. The Labute approximate surface area is 107 Å². The lowest BCUT2D eigenvalue weighted by atomic mass is 9.96. The number of hydrogen-bond acceptors (Lipinski definition) is 3. The van der Waals surface area contributed by atoms with Crippen LogP contribution in [-0.4, -0.2) is 27.3 Å². The van der Waals surface area contributed by atoms with Gasteiger partial charge in [0.05, 0.1) is 17.8 Å². The van der Waals surface area contributed by atoms with Crippen molar-refractivity contribution in [1.82, 2.24) is 15.1 Å². The molecule has 0 saturated heterocycles. The van der Waals surface area contributed by atoms with Gasteiger partial charge in [-0.3, -0.25) is 9.48 Å². The van der Waals surface area contributed by atoms with Crippen molar-refractivity contribution in [2.45, 2.75) is 56.7 Å². The predicted molar refractivity (Wildman–Crippen MR) is 67.9 cm³/mol. The van der Waals surface area contributed by atoms with E-state index in [2.05, 4.69) is 10.4 Å². The number of carbonyl (C=O) groups excluding carboxylic acids is 1. The average molecular weight is 248 g/mol. The third-order valence-corrected chi connectivity index (χ3v) is 4.12. The van der Waals surface area contributed by atoms with Gasteiger partial charge in [-0.1, -0.05) is 0 Å². The second-order valence-electron chi connectivity index (χ2n) is 5.76. The van der Waals surface area contributed by atoms with Crippen molar-refractivity contribution in [2.75, 3.05) is 0 Å². The van der Waals surface area contributed by atoms with Crippen LogP contribution in [0, 0.1) is 6.92 Å². The van der Waals surface area contributed by atoms with Gasteiger partial charge in [0, 0.05) is 12.2 Å². The van der Waals surface area contributed by atoms with Gasteiger partial charge in [-0.2, -0.15) is 5.10 Å². The van der Waals surface area contributed by atoms with Crippen molar-refractivity contribution >= 4 is 5.91 Å². The Morgan fingerprint density at radius 3 is 2.89 bits per heavy atom. The molecule has 0 aromatic carbocycles. The van der Waals surface area contributed by atoms with E-state index in [9.17, 15) is 4.79 Å². The maximum absolute atomic E-state index is 11.8. The molecular weight excluding hydrogens is 228 g/mol. The molecule has 0 bridgehead atoms. The Hall–Kier alpha value is -1.36. The molecule has 0 radical (unpaired) electrons. The SMILES string of the molecule is Cc1cnn(C2CCC(NC3CC3)(C(N)=O)C2)c1. The Bertz CT molecular complexity index is 465. The van der Waals surface area contributed by atoms with Crippen LogP contribution in [0.5, 0.6) is 0 Å². The van der Waals surface area contributed by atoms with Crippen molar-refractivity contribution in [2.24, 2.45) is 5.73 Å². The first-order valence-electron chi connectivity index (χ1n) is 6.67. The van der Waals surface area contributed by atoms with E-state index in [0.29, 0.717) is 6.04 Å². The number of nitrogens with one attached hydrogen (secondary N) is 1. The maximum Gasteiger partial charge on any atom is 0.237 e. The molecule has 2 unspecified atom stereocenters. The normalized spacial score (nSPS) is 31.7. The van der Waals surface area contributed by atoms with Gasteiger partial charge in [0.15, 0.2) is 0 Å². The number of amides is 1. The second kappa shape index (κ2) is 4.09. The van der Waals surface area contributed by atoms with Crippen molar-refractivity contribution in [1.29, 1.82) is 0 Å². The van der Waals surface area contributed by atoms with E-state index in [1.54, 1.807) is 0 Å². The van der Waals surface area contributed by atoms with E-state index < -0.39 is 5.54 Å². The van der Waals surface area contributed by atoms with E-state index in [1.807, 2.05) is 24.0 Å². The monoisotopic (exact) mass is 248 g/mol. The second-order valence-corrected chi connectivity index (χ2v) is 5.76. The Morgan fingerprint density at radius 2 is 2.33 bits per heavy atom. The van der Waals surface area contributed by atoms with Gasteiger partial charge in [0.1, 0.15) is 0 Å². The molecule has 1 heterocycles. The highest BCUT2D eigenvalue weighted by Gasteiger charge is 2.47. The van der Waals surface area contributed by atoms with E-state index in [4.69, 9.17) is 5.73 Å². The third-order valence-electron chi connectivity index (χ3n) is 4.12. The van der Waals surface area contributed by atoms with Gasteiger partial charge in [-0.15, -0.1) is 0 Å². The summed E-state index contributed by atoms with van der Waals surface area (Å²) < 4.78 is 1.98. The molecule has 2 fully saturated rings. The molecule has 1 aromatic heterocycles. The highest BCUT2D eigenvalue weighted by Crippen LogP contribution is 2.39. The van der Waals surface area contributed by atoms with Crippen LogP contribution in [0.2, 0.25) is 0 Å². The summed E-state index contributed by atoms with van der Waals surface area (Å²) in [5.41, 5.74) is 6.27. The number of hydrogen-bond donors (Lipinski definition) is 2. The summed E-state index contributed by atoms with van der Waals surface area (Å²) in [6.07, 6.45) is 8.78. The molecule has 18 heavy (non-hydrogen) atoms. The van der Waals surface area contributed by atoms with Crippen molar-refractivity contribution in [3.63, 3.8) is 0 Å². The van der Waals surface area contributed by atoms with Gasteiger partial charge >= 0.3 is 0 Å². The maximum atomic E-state index is 11.8. The molecule has 1 amide bonds. The summed E-state index contributed by atoms with van der Waals surface area (Å²) in [6.45, 7) is 2.03. The molecule has 2 atom stereocenters. The fourth-order valence-corrected chi connectivity index (χ4v) is 2.92. The molecule has 2 saturated carbocycles. The van der Waals surface area contributed by atoms with Crippen LogP contribution in [0.1, 0.15) is 43.7 Å². The number of aryl methyl sites for hydroxylation is 1. The first-order valence-corrected chi connectivity index (χ1v) is 6.67. The van der Waals surface area contributed by atoms with E-state index in [0.717, 1.165) is 24.8 Å². The summed E-state index contributed by atoms with van der Waals surface area (Å²) in [5, 5.41) is 7.81. The number of aromatic nitrogens is 2. The van der Waals surface area contributed by atoms with Crippen LogP contribution < -0.4 is 11.1 Å². The minimum Gasteiger partial charge on any atom is -0.368 e. The molecule has 0 spiro atoms. The van der Waals surface area contributed by atoms with Crippen LogP contribution in [0.4, 0.5) is 0 Å². The van der Waals surface area contributed by atoms with Crippen molar-refractivity contribution in [3.05, 3.63) is 18.0 Å². The predicted octanol–water partition coefficient (Wildman–Crippen LogP) is 0.893. The Morgan fingerprint density at radius 1 is 1.56 bits per heavy atom. The highest BCUT2D eigenvalue weighted by atomic mass is 16.1. The van der Waals surface area contributed by atoms with E-state index in [-0.39, 0.29) is 11.9 Å². The van der Waals surface area contributed by atoms with Gasteiger partial charge in [0.2, 0.25) is 5.91 Å². The molecular formula is C13H20N4O. The van der Waals surface area contributed by atoms with E-state index >= 15 is 0 Å². The largest absolute Gasteiger partial charge is 0.368 e. The van der Waals surface area contributed by atoms with Crippen LogP contribution in [0.3, 0.4) is 0 Å². The molecule has 98 valence electrons. The molecule has 3 N–H and O–H groups in total. The average Bonchev–Trinajstić information content (AvgIpc) is 2.85. The summed E-state index contributed by atoms with van der Waals surface area (Å²) in [5.74, 6) is -0.208. The molecule has 5 heteroatoms. The summed E-state index contributed by atoms with van der Waals surface area (Å²) in [7, 11) is 0. The molecule has 5 nitrogen and oxygen atoms in total. The Kier molecular flexibility index (Phi) is 2.66. The van der Waals surface area contributed by atoms with E-state index in [1.165, 1.54) is 12.8 Å². The molecule has 3 rings (SSSR count). The number of carbonyl (C=O) groups is 1. The van der Waals surface area contributed by atoms with Crippen LogP contribution >= 0.6 is 0 Å². The van der Waals surface area contributed by atoms with Crippen LogP contribution in [0.15, 0.2) is 12.4 Å². The topological polar surface area (TPSA) is 72.9 Å². The minimum absolute atomic E-state index is 0.208. The molecule has 0 aliphatic heterocycles. The smallest absolute Gasteiger partial charge is 0.237 e. The zero-order valence-corrected chi connectivity index (χ0v) is 10.7. The fraction of sp³-hybridized carbons (Fsp3) is 0.692. The molecule has 2 aliphatic carbocycles.